The second kappa shape index (κ2) is 5.93. The summed E-state index contributed by atoms with van der Waals surface area (Å²) < 4.78 is 11.0. The Morgan fingerprint density at radius 1 is 1.37 bits per heavy atom. The van der Waals surface area contributed by atoms with E-state index >= 15 is 0 Å². The number of nitrogens with two attached hydrogens (primary N) is 1. The number of amides is 1. The van der Waals surface area contributed by atoms with E-state index in [2.05, 4.69) is 5.32 Å². The highest BCUT2D eigenvalue weighted by molar-refractivity contribution is 5.81. The highest BCUT2D eigenvalue weighted by atomic mass is 16.6. The number of hydrogen-bond acceptors (Lipinski definition) is 4. The Hall–Kier alpha value is -1.75. The number of rotatable bonds is 4. The van der Waals surface area contributed by atoms with Gasteiger partial charge in [0.2, 0.25) is 5.91 Å². The number of hydrogen-bond donors (Lipinski definition) is 2. The van der Waals surface area contributed by atoms with Crippen LogP contribution in [0.4, 0.5) is 0 Å². The van der Waals surface area contributed by atoms with E-state index in [1.165, 1.54) is 0 Å². The Morgan fingerprint density at radius 3 is 2.68 bits per heavy atom. The first kappa shape index (κ1) is 13.7. The summed E-state index contributed by atoms with van der Waals surface area (Å²) in [6.07, 6.45) is 0.790. The third kappa shape index (κ3) is 3.17. The summed E-state index contributed by atoms with van der Waals surface area (Å²) in [6, 6.07) is 5.18. The zero-order valence-electron chi connectivity index (χ0n) is 11.3. The zero-order chi connectivity index (χ0) is 13.8. The molecule has 1 aromatic rings. The van der Waals surface area contributed by atoms with Gasteiger partial charge in [-0.3, -0.25) is 4.79 Å². The molecule has 5 heteroatoms. The molecule has 0 bridgehead atoms. The molecule has 0 radical (unpaired) electrons. The van der Waals surface area contributed by atoms with Crippen molar-refractivity contribution in [2.24, 2.45) is 5.73 Å². The van der Waals surface area contributed by atoms with Crippen LogP contribution < -0.4 is 20.5 Å². The fourth-order valence-electron chi connectivity index (χ4n) is 2.00. The van der Waals surface area contributed by atoms with E-state index in [9.17, 15) is 4.79 Å². The Labute approximate surface area is 113 Å². The predicted octanol–water partition coefficient (Wildman–Crippen LogP) is 1.37. The van der Waals surface area contributed by atoms with Crippen molar-refractivity contribution >= 4 is 5.91 Å². The molecule has 1 aromatic carbocycles. The van der Waals surface area contributed by atoms with Gasteiger partial charge in [-0.2, -0.15) is 0 Å². The van der Waals surface area contributed by atoms with Crippen molar-refractivity contribution in [3.8, 4) is 11.5 Å². The maximum Gasteiger partial charge on any atom is 0.237 e. The van der Waals surface area contributed by atoms with E-state index in [0.29, 0.717) is 13.2 Å². The molecule has 1 aliphatic heterocycles. The molecule has 2 atom stereocenters. The SMILES string of the molecule is CCC(NC(=O)C(C)N)c1ccc2c(c1)OCCO2. The first-order valence-electron chi connectivity index (χ1n) is 6.57. The first-order chi connectivity index (χ1) is 9.11. The molecule has 104 valence electrons. The summed E-state index contributed by atoms with van der Waals surface area (Å²) in [5.74, 6) is 1.34. The highest BCUT2D eigenvalue weighted by Crippen LogP contribution is 2.33. The van der Waals surface area contributed by atoms with Gasteiger partial charge < -0.3 is 20.5 Å². The van der Waals surface area contributed by atoms with Gasteiger partial charge >= 0.3 is 0 Å². The van der Waals surface area contributed by atoms with Crippen LogP contribution in [0.15, 0.2) is 18.2 Å². The third-order valence-corrected chi connectivity index (χ3v) is 3.11. The van der Waals surface area contributed by atoms with Gasteiger partial charge in [0.1, 0.15) is 13.2 Å². The van der Waals surface area contributed by atoms with E-state index in [0.717, 1.165) is 23.5 Å². The molecule has 1 amide bonds. The number of fused-ring (bicyclic) bond motifs is 1. The summed E-state index contributed by atoms with van der Waals surface area (Å²) in [4.78, 5) is 11.7. The number of ether oxygens (including phenoxy) is 2. The van der Waals surface area contributed by atoms with Crippen molar-refractivity contribution in [3.63, 3.8) is 0 Å². The summed E-state index contributed by atoms with van der Waals surface area (Å²) in [5, 5.41) is 2.93. The molecule has 0 aromatic heterocycles. The lowest BCUT2D eigenvalue weighted by Crippen LogP contribution is -2.40. The molecule has 5 nitrogen and oxygen atoms in total. The molecular weight excluding hydrogens is 244 g/mol. The maximum absolute atomic E-state index is 11.7. The summed E-state index contributed by atoms with van der Waals surface area (Å²) in [5.41, 5.74) is 6.57. The molecule has 2 unspecified atom stereocenters. The monoisotopic (exact) mass is 264 g/mol. The van der Waals surface area contributed by atoms with Crippen molar-refractivity contribution in [2.45, 2.75) is 32.4 Å². The highest BCUT2D eigenvalue weighted by Gasteiger charge is 2.18. The van der Waals surface area contributed by atoms with Crippen LogP contribution >= 0.6 is 0 Å². The number of benzene rings is 1. The quantitative estimate of drug-likeness (QED) is 0.861. The number of nitrogens with one attached hydrogen (secondary N) is 1. The second-order valence-electron chi connectivity index (χ2n) is 4.66. The van der Waals surface area contributed by atoms with Gasteiger partial charge in [0.15, 0.2) is 11.5 Å². The van der Waals surface area contributed by atoms with Crippen LogP contribution in [0.1, 0.15) is 31.9 Å². The van der Waals surface area contributed by atoms with Gasteiger partial charge in [-0.15, -0.1) is 0 Å². The Balaban J connectivity index is 2.16. The van der Waals surface area contributed by atoms with E-state index < -0.39 is 6.04 Å². The maximum atomic E-state index is 11.7. The van der Waals surface area contributed by atoms with Gasteiger partial charge in [0.05, 0.1) is 12.1 Å². The minimum atomic E-state index is -0.508. The Morgan fingerprint density at radius 2 is 2.05 bits per heavy atom. The van der Waals surface area contributed by atoms with Gasteiger partial charge in [0.25, 0.3) is 0 Å². The summed E-state index contributed by atoms with van der Waals surface area (Å²) in [6.45, 7) is 4.82. The van der Waals surface area contributed by atoms with Gasteiger partial charge in [-0.05, 0) is 31.0 Å². The Bertz CT molecular complexity index is 460. The minimum absolute atomic E-state index is 0.0608. The smallest absolute Gasteiger partial charge is 0.237 e. The second-order valence-corrected chi connectivity index (χ2v) is 4.66. The summed E-state index contributed by atoms with van der Waals surface area (Å²) in [7, 11) is 0. The lowest BCUT2D eigenvalue weighted by molar-refractivity contribution is -0.122. The third-order valence-electron chi connectivity index (χ3n) is 3.11. The van der Waals surface area contributed by atoms with Gasteiger partial charge in [-0.25, -0.2) is 0 Å². The van der Waals surface area contributed by atoms with Crippen molar-refractivity contribution in [3.05, 3.63) is 23.8 Å². The zero-order valence-corrected chi connectivity index (χ0v) is 11.3. The normalized spacial score (nSPS) is 16.6. The fraction of sp³-hybridized carbons (Fsp3) is 0.500. The molecule has 0 spiro atoms. The van der Waals surface area contributed by atoms with E-state index in [1.54, 1.807) is 6.92 Å². The molecule has 3 N–H and O–H groups in total. The lowest BCUT2D eigenvalue weighted by atomic mass is 10.0. The standard InChI is InChI=1S/C14H20N2O3/c1-3-11(16-14(17)9(2)15)10-4-5-12-13(8-10)19-7-6-18-12/h4-5,8-9,11H,3,6-7,15H2,1-2H3,(H,16,17). The van der Waals surface area contributed by atoms with Crippen LogP contribution in [-0.4, -0.2) is 25.2 Å². The molecule has 0 aliphatic carbocycles. The minimum Gasteiger partial charge on any atom is -0.486 e. The van der Waals surface area contributed by atoms with Gasteiger partial charge in [-0.1, -0.05) is 13.0 Å². The van der Waals surface area contributed by atoms with Crippen LogP contribution in [0.3, 0.4) is 0 Å². The fourth-order valence-corrected chi connectivity index (χ4v) is 2.00. The molecule has 0 saturated carbocycles. The van der Waals surface area contributed by atoms with Crippen molar-refractivity contribution in [1.82, 2.24) is 5.32 Å². The molecule has 0 fully saturated rings. The van der Waals surface area contributed by atoms with Crippen LogP contribution in [0.25, 0.3) is 0 Å². The van der Waals surface area contributed by atoms with Crippen LogP contribution in [-0.2, 0) is 4.79 Å². The Kier molecular flexibility index (Phi) is 4.27. The number of carbonyl (C=O) groups excluding carboxylic acids is 1. The summed E-state index contributed by atoms with van der Waals surface area (Å²) >= 11 is 0. The average Bonchev–Trinajstić information content (AvgIpc) is 2.43. The van der Waals surface area contributed by atoms with Crippen LogP contribution in [0, 0.1) is 0 Å². The average molecular weight is 264 g/mol. The number of carbonyl (C=O) groups is 1. The first-order valence-corrected chi connectivity index (χ1v) is 6.57. The molecule has 1 aliphatic rings. The predicted molar refractivity (Wildman–Crippen MR) is 72.3 cm³/mol. The van der Waals surface area contributed by atoms with Crippen molar-refractivity contribution in [1.29, 1.82) is 0 Å². The van der Waals surface area contributed by atoms with Crippen LogP contribution in [0.5, 0.6) is 11.5 Å². The lowest BCUT2D eigenvalue weighted by Gasteiger charge is -2.22. The molecule has 1 heterocycles. The van der Waals surface area contributed by atoms with Crippen molar-refractivity contribution in [2.75, 3.05) is 13.2 Å². The van der Waals surface area contributed by atoms with Gasteiger partial charge in [0, 0.05) is 0 Å². The molecular formula is C14H20N2O3. The van der Waals surface area contributed by atoms with E-state index in [1.807, 2.05) is 25.1 Å². The molecule has 2 rings (SSSR count). The largest absolute Gasteiger partial charge is 0.486 e. The van der Waals surface area contributed by atoms with Crippen molar-refractivity contribution < 1.29 is 14.3 Å². The topological polar surface area (TPSA) is 73.6 Å². The molecule has 19 heavy (non-hydrogen) atoms. The van der Waals surface area contributed by atoms with Crippen LogP contribution in [0.2, 0.25) is 0 Å². The van der Waals surface area contributed by atoms with E-state index in [-0.39, 0.29) is 11.9 Å². The molecule has 0 saturated heterocycles. The van der Waals surface area contributed by atoms with E-state index in [4.69, 9.17) is 15.2 Å².